The first kappa shape index (κ1) is 20.6. The van der Waals surface area contributed by atoms with Gasteiger partial charge in [-0.05, 0) is 37.6 Å². The van der Waals surface area contributed by atoms with Crippen molar-refractivity contribution in [3.63, 3.8) is 0 Å². The molecule has 0 saturated heterocycles. The Balaban J connectivity index is 1.84. The van der Waals surface area contributed by atoms with E-state index in [0.29, 0.717) is 30.6 Å². The number of nitrogens with zero attached hydrogens (tertiary/aromatic N) is 3. The summed E-state index contributed by atoms with van der Waals surface area (Å²) in [4.78, 5) is 22.9. The molecule has 3 N–H and O–H groups in total. The van der Waals surface area contributed by atoms with Crippen LogP contribution in [0.1, 0.15) is 19.8 Å². The van der Waals surface area contributed by atoms with Crippen LogP contribution >= 0.6 is 11.8 Å². The van der Waals surface area contributed by atoms with E-state index in [1.807, 2.05) is 31.2 Å². The van der Waals surface area contributed by atoms with Crippen molar-refractivity contribution in [3.05, 3.63) is 24.3 Å². The van der Waals surface area contributed by atoms with Crippen molar-refractivity contribution < 1.29 is 19.1 Å². The first-order valence-electron chi connectivity index (χ1n) is 8.45. The summed E-state index contributed by atoms with van der Waals surface area (Å²) in [7, 11) is 1.34. The zero-order valence-electron chi connectivity index (χ0n) is 15.3. The standard InChI is InChI=1S/C17H23N5O4S/c1-3-26-13-8-6-12(7-9-13)16-20-21-17(22(16)18)27-11-14(23)19-10-4-5-15(24)25-2/h6-9H,3-5,10-11,18H2,1-2H3,(H,19,23). The Morgan fingerprint density at radius 3 is 2.67 bits per heavy atom. The summed E-state index contributed by atoms with van der Waals surface area (Å²) in [5.41, 5.74) is 0.799. The molecule has 1 aromatic heterocycles. The van der Waals surface area contributed by atoms with E-state index in [0.717, 1.165) is 11.3 Å². The minimum absolute atomic E-state index is 0.150. The number of nitrogen functional groups attached to an aromatic ring is 1. The second-order valence-electron chi connectivity index (χ2n) is 5.45. The maximum atomic E-state index is 11.9. The third-order valence-electron chi connectivity index (χ3n) is 3.53. The molecule has 0 fully saturated rings. The highest BCUT2D eigenvalue weighted by Gasteiger charge is 2.14. The highest BCUT2D eigenvalue weighted by Crippen LogP contribution is 2.23. The number of nitrogens with one attached hydrogen (secondary N) is 1. The van der Waals surface area contributed by atoms with Crippen LogP contribution in [0.5, 0.6) is 5.75 Å². The molecule has 1 heterocycles. The zero-order chi connectivity index (χ0) is 19.6. The minimum Gasteiger partial charge on any atom is -0.494 e. The number of ether oxygens (including phenoxy) is 2. The van der Waals surface area contributed by atoms with E-state index in [4.69, 9.17) is 10.6 Å². The van der Waals surface area contributed by atoms with E-state index in [1.54, 1.807) is 0 Å². The topological polar surface area (TPSA) is 121 Å². The van der Waals surface area contributed by atoms with Crippen molar-refractivity contribution in [2.45, 2.75) is 24.9 Å². The number of carbonyl (C=O) groups is 2. The molecule has 0 unspecified atom stereocenters. The molecule has 0 radical (unpaired) electrons. The molecule has 0 aliphatic heterocycles. The Kier molecular flexibility index (Phi) is 7.93. The van der Waals surface area contributed by atoms with Crippen molar-refractivity contribution in [1.29, 1.82) is 0 Å². The third-order valence-corrected chi connectivity index (χ3v) is 4.47. The number of methoxy groups -OCH3 is 1. The molecule has 27 heavy (non-hydrogen) atoms. The monoisotopic (exact) mass is 393 g/mol. The Hall–Kier alpha value is -2.75. The van der Waals surface area contributed by atoms with Crippen molar-refractivity contribution in [2.24, 2.45) is 0 Å². The molecule has 9 nitrogen and oxygen atoms in total. The van der Waals surface area contributed by atoms with E-state index in [1.165, 1.54) is 23.5 Å². The van der Waals surface area contributed by atoms with Crippen molar-refractivity contribution in [2.75, 3.05) is 31.9 Å². The van der Waals surface area contributed by atoms with Gasteiger partial charge in [-0.15, -0.1) is 10.2 Å². The maximum absolute atomic E-state index is 11.9. The van der Waals surface area contributed by atoms with E-state index in [2.05, 4.69) is 20.3 Å². The summed E-state index contributed by atoms with van der Waals surface area (Å²) < 4.78 is 11.3. The van der Waals surface area contributed by atoms with Crippen LogP contribution in [-0.2, 0) is 14.3 Å². The number of hydrogen-bond donors (Lipinski definition) is 2. The molecular formula is C17H23N5O4S. The average Bonchev–Trinajstić information content (AvgIpc) is 3.04. The van der Waals surface area contributed by atoms with E-state index in [9.17, 15) is 9.59 Å². The lowest BCUT2D eigenvalue weighted by Crippen LogP contribution is -2.27. The molecule has 0 bridgehead atoms. The predicted molar refractivity (Wildman–Crippen MR) is 102 cm³/mol. The molecule has 146 valence electrons. The Morgan fingerprint density at radius 1 is 1.26 bits per heavy atom. The third kappa shape index (κ3) is 6.17. The van der Waals surface area contributed by atoms with Gasteiger partial charge in [-0.1, -0.05) is 11.8 Å². The first-order chi connectivity index (χ1) is 13.0. The summed E-state index contributed by atoms with van der Waals surface area (Å²) >= 11 is 1.19. The van der Waals surface area contributed by atoms with E-state index in [-0.39, 0.29) is 24.1 Å². The fraction of sp³-hybridized carbons (Fsp3) is 0.412. The van der Waals surface area contributed by atoms with Gasteiger partial charge in [0.1, 0.15) is 5.75 Å². The van der Waals surface area contributed by atoms with Gasteiger partial charge < -0.3 is 20.6 Å². The lowest BCUT2D eigenvalue weighted by Gasteiger charge is -2.06. The largest absolute Gasteiger partial charge is 0.494 e. The average molecular weight is 393 g/mol. The van der Waals surface area contributed by atoms with Gasteiger partial charge in [0.25, 0.3) is 0 Å². The Bertz CT molecular complexity index is 763. The van der Waals surface area contributed by atoms with Crippen molar-refractivity contribution in [1.82, 2.24) is 20.2 Å². The van der Waals surface area contributed by atoms with Crippen molar-refractivity contribution in [3.8, 4) is 17.1 Å². The number of esters is 1. The molecular weight excluding hydrogens is 370 g/mol. The molecule has 10 heteroatoms. The lowest BCUT2D eigenvalue weighted by atomic mass is 10.2. The van der Waals surface area contributed by atoms with Crippen LogP contribution in [0.2, 0.25) is 0 Å². The molecule has 0 spiro atoms. The molecule has 1 amide bonds. The number of hydrogen-bond acceptors (Lipinski definition) is 8. The normalized spacial score (nSPS) is 10.4. The Morgan fingerprint density at radius 2 is 2.00 bits per heavy atom. The highest BCUT2D eigenvalue weighted by molar-refractivity contribution is 7.99. The SMILES string of the molecule is CCOc1ccc(-c2nnc(SCC(=O)NCCCC(=O)OC)n2N)cc1. The highest BCUT2D eigenvalue weighted by atomic mass is 32.2. The van der Waals surface area contributed by atoms with Gasteiger partial charge >= 0.3 is 5.97 Å². The van der Waals surface area contributed by atoms with Gasteiger partial charge in [0.15, 0.2) is 5.82 Å². The minimum atomic E-state index is -0.295. The number of carbonyl (C=O) groups excluding carboxylic acids is 2. The molecule has 0 aliphatic rings. The van der Waals surface area contributed by atoms with Crippen LogP contribution in [0.3, 0.4) is 0 Å². The molecule has 2 aromatic rings. The molecule has 0 saturated carbocycles. The summed E-state index contributed by atoms with van der Waals surface area (Å²) in [6.45, 7) is 2.92. The number of amides is 1. The van der Waals surface area contributed by atoms with Gasteiger partial charge in [-0.3, -0.25) is 9.59 Å². The Labute approximate surface area is 161 Å². The first-order valence-corrected chi connectivity index (χ1v) is 9.43. The van der Waals surface area contributed by atoms with Gasteiger partial charge in [0.05, 0.1) is 19.5 Å². The fourth-order valence-corrected chi connectivity index (χ4v) is 2.87. The van der Waals surface area contributed by atoms with Crippen LogP contribution in [0.25, 0.3) is 11.4 Å². The molecule has 1 aromatic carbocycles. The number of aromatic nitrogens is 3. The second-order valence-corrected chi connectivity index (χ2v) is 6.39. The smallest absolute Gasteiger partial charge is 0.305 e. The van der Waals surface area contributed by atoms with Crippen LogP contribution < -0.4 is 15.9 Å². The summed E-state index contributed by atoms with van der Waals surface area (Å²) in [6, 6.07) is 7.37. The quantitative estimate of drug-likeness (QED) is 0.267. The number of rotatable bonds is 10. The summed E-state index contributed by atoms with van der Waals surface area (Å²) in [6.07, 6.45) is 0.796. The second kappa shape index (κ2) is 10.4. The van der Waals surface area contributed by atoms with Gasteiger partial charge in [0.2, 0.25) is 11.1 Å². The van der Waals surface area contributed by atoms with Crippen LogP contribution in [0.4, 0.5) is 0 Å². The maximum Gasteiger partial charge on any atom is 0.305 e. The van der Waals surface area contributed by atoms with Crippen molar-refractivity contribution >= 4 is 23.6 Å². The number of benzene rings is 1. The number of nitrogens with two attached hydrogens (primary N) is 1. The van der Waals surface area contributed by atoms with Crippen LogP contribution in [0, 0.1) is 0 Å². The van der Waals surface area contributed by atoms with Gasteiger partial charge in [0, 0.05) is 18.5 Å². The molecule has 2 rings (SSSR count). The zero-order valence-corrected chi connectivity index (χ0v) is 16.1. The van der Waals surface area contributed by atoms with Crippen LogP contribution in [0.15, 0.2) is 29.4 Å². The summed E-state index contributed by atoms with van der Waals surface area (Å²) in [5, 5.41) is 11.3. The fourth-order valence-electron chi connectivity index (χ4n) is 2.18. The van der Waals surface area contributed by atoms with Gasteiger partial charge in [-0.2, -0.15) is 0 Å². The van der Waals surface area contributed by atoms with E-state index < -0.39 is 0 Å². The molecule has 0 atom stereocenters. The molecule has 0 aliphatic carbocycles. The number of thioether (sulfide) groups is 1. The van der Waals surface area contributed by atoms with E-state index >= 15 is 0 Å². The van der Waals surface area contributed by atoms with Crippen LogP contribution in [-0.4, -0.2) is 52.8 Å². The summed E-state index contributed by atoms with van der Waals surface area (Å²) in [5.74, 6) is 6.99. The predicted octanol–water partition coefficient (Wildman–Crippen LogP) is 1.22. The van der Waals surface area contributed by atoms with Gasteiger partial charge in [-0.25, -0.2) is 4.68 Å². The lowest BCUT2D eigenvalue weighted by molar-refractivity contribution is -0.140.